The van der Waals surface area contributed by atoms with Crippen LogP contribution in [0.3, 0.4) is 0 Å². The van der Waals surface area contributed by atoms with E-state index in [-0.39, 0.29) is 24.2 Å². The summed E-state index contributed by atoms with van der Waals surface area (Å²) >= 11 is 0. The molecule has 11 heteroatoms. The van der Waals surface area contributed by atoms with E-state index in [1.54, 1.807) is 50.2 Å². The van der Waals surface area contributed by atoms with Crippen molar-refractivity contribution in [3.63, 3.8) is 0 Å². The summed E-state index contributed by atoms with van der Waals surface area (Å²) in [5.74, 6) is -0.359. The number of benzene rings is 3. The monoisotopic (exact) mass is 610 g/mol. The normalized spacial score (nSPS) is 12.6. The van der Waals surface area contributed by atoms with Crippen LogP contribution in [0.25, 0.3) is 11.5 Å². The molecule has 0 bridgehead atoms. The van der Waals surface area contributed by atoms with Crippen LogP contribution in [0.15, 0.2) is 82.2 Å². The number of carbonyl (C=O) groups is 2. The number of aryl methyl sites for hydroxylation is 1. The van der Waals surface area contributed by atoms with Gasteiger partial charge in [-0.05, 0) is 67.4 Å². The molecule has 0 radical (unpaired) electrons. The van der Waals surface area contributed by atoms with Crippen molar-refractivity contribution < 1.29 is 41.4 Å². The number of ketones is 1. The first-order chi connectivity index (χ1) is 20.9. The third-order valence-electron chi connectivity index (χ3n) is 6.87. The lowest BCUT2D eigenvalue weighted by Crippen LogP contribution is -2.23. The van der Waals surface area contributed by atoms with Crippen molar-refractivity contribution in [3.8, 4) is 17.2 Å². The van der Waals surface area contributed by atoms with E-state index in [1.165, 1.54) is 12.1 Å². The highest BCUT2D eigenvalue weighted by Gasteiger charge is 2.30. The highest BCUT2D eigenvalue weighted by atomic mass is 19.4. The van der Waals surface area contributed by atoms with Crippen molar-refractivity contribution in [2.75, 3.05) is 6.61 Å². The third kappa shape index (κ3) is 8.62. The summed E-state index contributed by atoms with van der Waals surface area (Å²) in [5.41, 5.74) is 1.64. The van der Waals surface area contributed by atoms with E-state index in [9.17, 15) is 32.3 Å². The number of halogens is 4. The van der Waals surface area contributed by atoms with Gasteiger partial charge in [0.2, 0.25) is 5.89 Å². The second kappa shape index (κ2) is 14.1. The minimum absolute atomic E-state index is 0.0673. The quantitative estimate of drug-likeness (QED) is 0.0953. The van der Waals surface area contributed by atoms with Crippen molar-refractivity contribution in [1.29, 1.82) is 0 Å². The Morgan fingerprint density at radius 2 is 1.66 bits per heavy atom. The number of carboxylic acid groups (broad SMARTS) is 1. The first-order valence-corrected chi connectivity index (χ1v) is 13.9. The molecule has 0 amide bonds. The Labute approximate surface area is 251 Å². The van der Waals surface area contributed by atoms with Crippen LogP contribution < -0.4 is 4.74 Å². The van der Waals surface area contributed by atoms with E-state index in [4.69, 9.17) is 9.15 Å². The number of nitrogens with zero attached hydrogens (tertiary/aromatic N) is 2. The summed E-state index contributed by atoms with van der Waals surface area (Å²) < 4.78 is 63.2. The molecule has 0 aliphatic carbocycles. The maximum absolute atomic E-state index is 13.2. The average molecular weight is 611 g/mol. The maximum atomic E-state index is 13.2. The molecule has 0 fully saturated rings. The first-order valence-electron chi connectivity index (χ1n) is 13.9. The van der Waals surface area contributed by atoms with Crippen molar-refractivity contribution in [1.82, 2.24) is 4.98 Å². The SMILES string of the molecule is CCC(CC(=O)c1ccc(C(F)(F)F)cc1)=NC(Cc1ccc(OCCc2nc(-c3ccc(F)cc3)oc2C)cc1)C(=O)O. The van der Waals surface area contributed by atoms with Gasteiger partial charge in [-0.1, -0.05) is 31.2 Å². The number of aliphatic imine (C=N–C) groups is 1. The van der Waals surface area contributed by atoms with Crippen LogP contribution in [-0.4, -0.2) is 40.2 Å². The number of aromatic nitrogens is 1. The molecule has 1 heterocycles. The molecule has 4 rings (SSSR count). The molecule has 0 aliphatic heterocycles. The molecular weight excluding hydrogens is 580 g/mol. The van der Waals surface area contributed by atoms with E-state index in [2.05, 4.69) is 9.98 Å². The molecule has 0 saturated heterocycles. The van der Waals surface area contributed by atoms with Gasteiger partial charge in [0.25, 0.3) is 0 Å². The number of carbonyl (C=O) groups excluding carboxylic acids is 1. The van der Waals surface area contributed by atoms with Gasteiger partial charge in [-0.2, -0.15) is 13.2 Å². The highest BCUT2D eigenvalue weighted by Crippen LogP contribution is 2.29. The van der Waals surface area contributed by atoms with Crippen molar-refractivity contribution in [3.05, 3.63) is 107 Å². The second-order valence-corrected chi connectivity index (χ2v) is 10.1. The molecule has 0 saturated carbocycles. The van der Waals surface area contributed by atoms with Crippen LogP contribution >= 0.6 is 0 Å². The van der Waals surface area contributed by atoms with Gasteiger partial charge in [0.15, 0.2) is 11.8 Å². The molecule has 4 aromatic rings. The summed E-state index contributed by atoms with van der Waals surface area (Å²) in [5, 5.41) is 9.77. The predicted molar refractivity (Wildman–Crippen MR) is 156 cm³/mol. The molecule has 1 aromatic heterocycles. The van der Waals surface area contributed by atoms with Crippen LogP contribution in [0.4, 0.5) is 17.6 Å². The van der Waals surface area contributed by atoms with E-state index in [1.807, 2.05) is 0 Å². The smallest absolute Gasteiger partial charge is 0.416 e. The van der Waals surface area contributed by atoms with E-state index >= 15 is 0 Å². The van der Waals surface area contributed by atoms with Crippen molar-refractivity contribution in [2.45, 2.75) is 51.7 Å². The number of alkyl halides is 3. The topological polar surface area (TPSA) is 102 Å². The zero-order chi connectivity index (χ0) is 31.9. The van der Waals surface area contributed by atoms with Crippen LogP contribution in [0.2, 0.25) is 0 Å². The van der Waals surface area contributed by atoms with E-state index in [0.29, 0.717) is 59.4 Å². The molecular formula is C33H30F4N2O5. The zero-order valence-electron chi connectivity index (χ0n) is 24.0. The molecule has 1 N–H and O–H groups in total. The Morgan fingerprint density at radius 1 is 1.00 bits per heavy atom. The number of ether oxygens (including phenoxy) is 1. The van der Waals surface area contributed by atoms with Crippen LogP contribution in [0.1, 0.15) is 52.7 Å². The molecule has 0 spiro atoms. The Morgan fingerprint density at radius 3 is 2.25 bits per heavy atom. The van der Waals surface area contributed by atoms with Crippen molar-refractivity contribution >= 4 is 17.5 Å². The standard InChI is InChI=1S/C33H30F4N2O5/c1-3-26(19-30(40)22-6-10-24(11-7-22)33(35,36)37)38-29(32(41)42)18-21-4-14-27(15-5-21)43-17-16-28-20(2)44-31(39-28)23-8-12-25(34)13-9-23/h4-15,29H,3,16-19H2,1-2H3,(H,41,42). The number of hydrogen-bond donors (Lipinski definition) is 1. The molecule has 44 heavy (non-hydrogen) atoms. The summed E-state index contributed by atoms with van der Waals surface area (Å²) in [7, 11) is 0. The summed E-state index contributed by atoms with van der Waals surface area (Å²) in [6, 6.07) is 15.5. The molecule has 0 aliphatic rings. The number of oxazole rings is 1. The number of Topliss-reactive ketones (excluding diaryl/α,β-unsaturated/α-hetero) is 1. The second-order valence-electron chi connectivity index (χ2n) is 10.1. The van der Waals surface area contributed by atoms with E-state index in [0.717, 1.165) is 24.3 Å². The number of hydrogen-bond acceptors (Lipinski definition) is 6. The number of carboxylic acids is 1. The van der Waals surface area contributed by atoms with E-state index < -0.39 is 29.5 Å². The van der Waals surface area contributed by atoms with Gasteiger partial charge in [0, 0.05) is 36.1 Å². The van der Waals surface area contributed by atoms with Crippen LogP contribution in [0.5, 0.6) is 5.75 Å². The summed E-state index contributed by atoms with van der Waals surface area (Å²) in [6.07, 6.45) is -3.86. The largest absolute Gasteiger partial charge is 0.493 e. The van der Waals surface area contributed by atoms with Gasteiger partial charge in [-0.15, -0.1) is 0 Å². The molecule has 1 unspecified atom stereocenters. The van der Waals surface area contributed by atoms with Crippen molar-refractivity contribution in [2.24, 2.45) is 4.99 Å². The Hall–Kier alpha value is -4.80. The minimum atomic E-state index is -4.51. The van der Waals surface area contributed by atoms with Gasteiger partial charge in [-0.3, -0.25) is 9.79 Å². The predicted octanol–water partition coefficient (Wildman–Crippen LogP) is 7.55. The lowest BCUT2D eigenvalue weighted by atomic mass is 10.0. The fourth-order valence-corrected chi connectivity index (χ4v) is 4.39. The third-order valence-corrected chi connectivity index (χ3v) is 6.87. The van der Waals surface area contributed by atoms with Gasteiger partial charge in [0.1, 0.15) is 17.3 Å². The highest BCUT2D eigenvalue weighted by molar-refractivity contribution is 6.10. The summed E-state index contributed by atoms with van der Waals surface area (Å²) in [6.45, 7) is 3.83. The lowest BCUT2D eigenvalue weighted by molar-refractivity contribution is -0.139. The number of aliphatic carboxylic acids is 1. The van der Waals surface area contributed by atoms with Crippen LogP contribution in [-0.2, 0) is 23.8 Å². The minimum Gasteiger partial charge on any atom is -0.493 e. The number of rotatable bonds is 13. The Kier molecular flexibility index (Phi) is 10.3. The average Bonchev–Trinajstić information content (AvgIpc) is 3.37. The molecule has 3 aromatic carbocycles. The molecule has 7 nitrogen and oxygen atoms in total. The Balaban J connectivity index is 1.33. The fraction of sp³-hybridized carbons (Fsp3) is 0.273. The van der Waals surface area contributed by atoms with Gasteiger partial charge < -0.3 is 14.3 Å². The zero-order valence-corrected chi connectivity index (χ0v) is 24.0. The van der Waals surface area contributed by atoms with Gasteiger partial charge >= 0.3 is 12.1 Å². The summed E-state index contributed by atoms with van der Waals surface area (Å²) in [4.78, 5) is 33.4. The lowest BCUT2D eigenvalue weighted by Gasteiger charge is -2.12. The maximum Gasteiger partial charge on any atom is 0.416 e. The fourth-order valence-electron chi connectivity index (χ4n) is 4.39. The Bertz CT molecular complexity index is 1610. The first kappa shape index (κ1) is 32.1. The molecule has 230 valence electrons. The van der Waals surface area contributed by atoms with Gasteiger partial charge in [0.05, 0.1) is 17.9 Å². The van der Waals surface area contributed by atoms with Crippen LogP contribution in [0, 0.1) is 12.7 Å². The molecule has 1 atom stereocenters. The van der Waals surface area contributed by atoms with Gasteiger partial charge in [-0.25, -0.2) is 14.2 Å².